The Balaban J connectivity index is 1.13. The van der Waals surface area contributed by atoms with E-state index in [4.69, 9.17) is 0 Å². The van der Waals surface area contributed by atoms with Crippen LogP contribution in [0.25, 0.3) is 33.3 Å². The highest BCUT2D eigenvalue weighted by molar-refractivity contribution is 5.89. The Bertz CT molecular complexity index is 1460. The topological polar surface area (TPSA) is 107 Å². The van der Waals surface area contributed by atoms with Crippen LogP contribution in [-0.2, 0) is 16.0 Å². The zero-order valence-corrected chi connectivity index (χ0v) is 21.2. The number of aromatic amines is 1. The summed E-state index contributed by atoms with van der Waals surface area (Å²) < 4.78 is 0. The quantitative estimate of drug-likeness (QED) is 0.299. The number of hydrogen-bond acceptors (Lipinski definition) is 4. The van der Waals surface area contributed by atoms with E-state index in [1.165, 1.54) is 0 Å². The first-order chi connectivity index (χ1) is 18.4. The van der Waals surface area contributed by atoms with Crippen LogP contribution in [0.2, 0.25) is 0 Å². The van der Waals surface area contributed by atoms with Crippen LogP contribution in [0, 0.1) is 11.3 Å². The fraction of sp³-hybridized carbons (Fsp3) is 0.323. The Hall–Kier alpha value is -4.13. The maximum Gasteiger partial charge on any atom is 0.309 e. The van der Waals surface area contributed by atoms with Gasteiger partial charge < -0.3 is 20.1 Å². The standard InChI is InChI=1S/C31H31N3O4/c35-28(34-14-11-31(12-15-34,30(37)38)18-21-4-5-21)16-20-6-8-22(9-7-20)24-2-1-3-25(29(24)36)26-17-23-10-13-32-19-27(23)33-26/h1-3,6-10,13,17,19,21,33,36H,4-5,11-12,14-16,18H2,(H,37,38). The average molecular weight is 510 g/mol. The number of carbonyl (C=O) groups is 2. The van der Waals surface area contributed by atoms with E-state index in [1.807, 2.05) is 59.5 Å². The number of nitrogens with one attached hydrogen (secondary N) is 1. The lowest BCUT2D eigenvalue weighted by Gasteiger charge is -2.39. The van der Waals surface area contributed by atoms with Crippen molar-refractivity contribution in [3.8, 4) is 28.1 Å². The lowest BCUT2D eigenvalue weighted by Crippen LogP contribution is -2.47. The number of rotatable bonds is 7. The van der Waals surface area contributed by atoms with Crippen molar-refractivity contribution in [2.75, 3.05) is 13.1 Å². The van der Waals surface area contributed by atoms with Gasteiger partial charge in [-0.25, -0.2) is 0 Å². The van der Waals surface area contributed by atoms with E-state index in [2.05, 4.69) is 9.97 Å². The van der Waals surface area contributed by atoms with Crippen LogP contribution >= 0.6 is 0 Å². The maximum absolute atomic E-state index is 13.0. The van der Waals surface area contributed by atoms with Crippen LogP contribution in [0.15, 0.2) is 67.0 Å². The number of benzene rings is 2. The van der Waals surface area contributed by atoms with Gasteiger partial charge in [-0.1, -0.05) is 49.2 Å². The van der Waals surface area contributed by atoms with E-state index in [0.717, 1.165) is 47.0 Å². The minimum Gasteiger partial charge on any atom is -0.507 e. The molecule has 0 atom stereocenters. The Kier molecular flexibility index (Phi) is 6.14. The normalized spacial score (nSPS) is 17.0. The minimum atomic E-state index is -0.707. The van der Waals surface area contributed by atoms with Gasteiger partial charge in [-0.2, -0.15) is 0 Å². The number of aliphatic carboxylic acids is 1. The van der Waals surface area contributed by atoms with Crippen LogP contribution in [0.5, 0.6) is 5.75 Å². The molecule has 1 saturated heterocycles. The first kappa shape index (κ1) is 24.2. The number of carboxylic acids is 1. The summed E-state index contributed by atoms with van der Waals surface area (Å²) in [5.74, 6) is 0.0614. The number of phenols is 1. The molecule has 0 spiro atoms. The molecular weight excluding hydrogens is 478 g/mol. The third kappa shape index (κ3) is 4.64. The highest BCUT2D eigenvalue weighted by atomic mass is 16.4. The van der Waals surface area contributed by atoms with Gasteiger partial charge in [0, 0.05) is 35.8 Å². The number of phenolic OH excluding ortho intramolecular Hbond substituents is 1. The van der Waals surface area contributed by atoms with E-state index < -0.39 is 11.4 Å². The first-order valence-electron chi connectivity index (χ1n) is 13.3. The fourth-order valence-corrected chi connectivity index (χ4v) is 5.76. The molecule has 3 N–H and O–H groups in total. The molecule has 0 bridgehead atoms. The molecular formula is C31H31N3O4. The van der Waals surface area contributed by atoms with Crippen molar-refractivity contribution in [1.82, 2.24) is 14.9 Å². The number of carboxylic acid groups (broad SMARTS) is 1. The zero-order valence-electron chi connectivity index (χ0n) is 21.2. The minimum absolute atomic E-state index is 0.0290. The van der Waals surface area contributed by atoms with Gasteiger partial charge in [0.15, 0.2) is 0 Å². The summed E-state index contributed by atoms with van der Waals surface area (Å²) in [6.07, 6.45) is 7.87. The zero-order chi connectivity index (χ0) is 26.3. The van der Waals surface area contributed by atoms with Crippen molar-refractivity contribution in [3.05, 3.63) is 72.6 Å². The number of amides is 1. The number of H-pyrrole nitrogens is 1. The Labute approximate surface area is 221 Å². The number of nitrogens with zero attached hydrogens (tertiary/aromatic N) is 2. The molecule has 38 heavy (non-hydrogen) atoms. The van der Waals surface area contributed by atoms with Crippen molar-refractivity contribution < 1.29 is 19.8 Å². The van der Waals surface area contributed by atoms with Crippen molar-refractivity contribution in [2.24, 2.45) is 11.3 Å². The number of hydrogen-bond donors (Lipinski definition) is 3. The second-order valence-electron chi connectivity index (χ2n) is 10.8. The number of aromatic nitrogens is 2. The van der Waals surface area contributed by atoms with Crippen LogP contribution < -0.4 is 0 Å². The van der Waals surface area contributed by atoms with E-state index >= 15 is 0 Å². The highest BCUT2D eigenvalue weighted by Gasteiger charge is 2.45. The predicted molar refractivity (Wildman–Crippen MR) is 146 cm³/mol. The number of pyridine rings is 1. The highest BCUT2D eigenvalue weighted by Crippen LogP contribution is 2.46. The SMILES string of the molecule is O=C(Cc1ccc(-c2cccc(-c3cc4ccncc4[nH]3)c2O)cc1)N1CCC(CC2CC2)(C(=O)O)CC1. The summed E-state index contributed by atoms with van der Waals surface area (Å²) in [4.78, 5) is 34.3. The monoisotopic (exact) mass is 509 g/mol. The van der Waals surface area contributed by atoms with Crippen LogP contribution in [0.3, 0.4) is 0 Å². The van der Waals surface area contributed by atoms with E-state index in [9.17, 15) is 19.8 Å². The van der Waals surface area contributed by atoms with Crippen LogP contribution in [0.4, 0.5) is 0 Å². The second-order valence-corrected chi connectivity index (χ2v) is 10.8. The molecule has 3 heterocycles. The molecule has 2 aromatic carbocycles. The van der Waals surface area contributed by atoms with Crippen LogP contribution in [-0.4, -0.2) is 50.0 Å². The van der Waals surface area contributed by atoms with Gasteiger partial charge in [0.2, 0.25) is 5.91 Å². The summed E-state index contributed by atoms with van der Waals surface area (Å²) in [6, 6.07) is 17.3. The lowest BCUT2D eigenvalue weighted by molar-refractivity contribution is -0.155. The van der Waals surface area contributed by atoms with E-state index in [-0.39, 0.29) is 18.1 Å². The van der Waals surface area contributed by atoms with Gasteiger partial charge in [0.25, 0.3) is 0 Å². The molecule has 7 nitrogen and oxygen atoms in total. The fourth-order valence-electron chi connectivity index (χ4n) is 5.76. The van der Waals surface area contributed by atoms with Gasteiger partial charge in [0.1, 0.15) is 5.75 Å². The lowest BCUT2D eigenvalue weighted by atomic mass is 9.74. The van der Waals surface area contributed by atoms with E-state index in [1.54, 1.807) is 12.4 Å². The predicted octanol–water partition coefficient (Wildman–Crippen LogP) is 5.64. The summed E-state index contributed by atoms with van der Waals surface area (Å²) in [7, 11) is 0. The molecule has 2 aliphatic rings. The van der Waals surface area contributed by atoms with Crippen molar-refractivity contribution >= 4 is 22.8 Å². The third-order valence-corrected chi connectivity index (χ3v) is 8.27. The third-order valence-electron chi connectivity index (χ3n) is 8.27. The molecule has 1 aliphatic carbocycles. The summed E-state index contributed by atoms with van der Waals surface area (Å²) in [5.41, 5.74) is 4.25. The molecule has 2 fully saturated rings. The van der Waals surface area contributed by atoms with Gasteiger partial charge in [-0.15, -0.1) is 0 Å². The summed E-state index contributed by atoms with van der Waals surface area (Å²) in [6.45, 7) is 1.00. The number of carbonyl (C=O) groups excluding carboxylic acids is 1. The molecule has 1 aliphatic heterocycles. The van der Waals surface area contributed by atoms with Crippen LogP contribution in [0.1, 0.15) is 37.7 Å². The number of piperidine rings is 1. The van der Waals surface area contributed by atoms with Gasteiger partial charge in [-0.05, 0) is 54.5 Å². The van der Waals surface area contributed by atoms with Crippen molar-refractivity contribution in [3.63, 3.8) is 0 Å². The number of para-hydroxylation sites is 1. The van der Waals surface area contributed by atoms with Gasteiger partial charge >= 0.3 is 5.97 Å². The van der Waals surface area contributed by atoms with Crippen molar-refractivity contribution in [1.29, 1.82) is 0 Å². The molecule has 1 saturated carbocycles. The molecule has 4 aromatic rings. The molecule has 194 valence electrons. The van der Waals surface area contributed by atoms with Crippen molar-refractivity contribution in [2.45, 2.75) is 38.5 Å². The van der Waals surface area contributed by atoms with Gasteiger partial charge in [-0.3, -0.25) is 14.6 Å². The molecule has 1 amide bonds. The van der Waals surface area contributed by atoms with E-state index in [0.29, 0.717) is 43.0 Å². The first-order valence-corrected chi connectivity index (χ1v) is 13.3. The second kappa shape index (κ2) is 9.63. The smallest absolute Gasteiger partial charge is 0.309 e. The molecule has 0 unspecified atom stereocenters. The molecule has 0 radical (unpaired) electrons. The Morgan fingerprint density at radius 3 is 2.45 bits per heavy atom. The molecule has 7 heteroatoms. The number of likely N-dealkylation sites (tertiary alicyclic amines) is 1. The maximum atomic E-state index is 13.0. The number of aromatic hydroxyl groups is 1. The Morgan fingerprint density at radius 1 is 1.03 bits per heavy atom. The summed E-state index contributed by atoms with van der Waals surface area (Å²) in [5, 5.41) is 22.0. The summed E-state index contributed by atoms with van der Waals surface area (Å²) >= 11 is 0. The molecule has 6 rings (SSSR count). The molecule has 2 aromatic heterocycles. The average Bonchev–Trinajstić information content (AvgIpc) is 3.63. The van der Waals surface area contributed by atoms with Gasteiger partial charge in [0.05, 0.1) is 29.2 Å². The number of fused-ring (bicyclic) bond motifs is 1. The largest absolute Gasteiger partial charge is 0.507 e. The Morgan fingerprint density at radius 2 is 1.76 bits per heavy atom.